The van der Waals surface area contributed by atoms with E-state index in [2.05, 4.69) is 46.1 Å². The number of likely N-dealkylation sites (tertiary alicyclic amines) is 1. The third-order valence-corrected chi connectivity index (χ3v) is 5.00. The number of nitrogens with two attached hydrogens (primary N) is 1. The molecule has 84 valence electrons. The van der Waals surface area contributed by atoms with Crippen molar-refractivity contribution in [3.05, 3.63) is 20.8 Å². The van der Waals surface area contributed by atoms with E-state index < -0.39 is 0 Å². The highest BCUT2D eigenvalue weighted by Crippen LogP contribution is 2.39. The van der Waals surface area contributed by atoms with Gasteiger partial charge in [-0.3, -0.25) is 4.90 Å². The molecule has 1 aromatic rings. The molecule has 15 heavy (non-hydrogen) atoms. The highest BCUT2D eigenvalue weighted by molar-refractivity contribution is 9.10. The summed E-state index contributed by atoms with van der Waals surface area (Å²) in [6.07, 6.45) is 1.10. The average molecular weight is 289 g/mol. The zero-order valence-electron chi connectivity index (χ0n) is 9.11. The topological polar surface area (TPSA) is 29.3 Å². The molecule has 2 rings (SSSR count). The summed E-state index contributed by atoms with van der Waals surface area (Å²) in [5, 5.41) is 2.13. The van der Waals surface area contributed by atoms with Crippen molar-refractivity contribution >= 4 is 27.3 Å². The van der Waals surface area contributed by atoms with Gasteiger partial charge >= 0.3 is 0 Å². The minimum absolute atomic E-state index is 0.280. The van der Waals surface area contributed by atoms with E-state index in [4.69, 9.17) is 5.73 Å². The van der Waals surface area contributed by atoms with E-state index in [0.29, 0.717) is 12.1 Å². The first-order valence-corrected chi connectivity index (χ1v) is 7.02. The molecule has 1 aliphatic rings. The lowest BCUT2D eigenvalue weighted by Crippen LogP contribution is -2.35. The number of rotatable bonds is 2. The van der Waals surface area contributed by atoms with Crippen molar-refractivity contribution in [2.24, 2.45) is 5.73 Å². The molecule has 1 fully saturated rings. The molecule has 2 nitrogen and oxygen atoms in total. The maximum absolute atomic E-state index is 6.21. The number of thiophene rings is 1. The second kappa shape index (κ2) is 4.53. The smallest absolute Gasteiger partial charge is 0.0607 e. The first kappa shape index (κ1) is 11.6. The van der Waals surface area contributed by atoms with Gasteiger partial charge in [0.25, 0.3) is 0 Å². The summed E-state index contributed by atoms with van der Waals surface area (Å²) in [4.78, 5) is 3.88. The molecular weight excluding hydrogens is 272 g/mol. The minimum atomic E-state index is 0.280. The van der Waals surface area contributed by atoms with Gasteiger partial charge in [0.15, 0.2) is 0 Å². The standard InChI is InChI=1S/C11H17BrN2S/c1-7(2)14-5-3-9(13)10(14)11-8(12)4-6-15-11/h4,6-7,9-10H,3,5,13H2,1-2H3. The van der Waals surface area contributed by atoms with E-state index in [1.54, 1.807) is 11.3 Å². The zero-order chi connectivity index (χ0) is 11.0. The molecule has 0 saturated carbocycles. The van der Waals surface area contributed by atoms with Crippen molar-refractivity contribution in [2.75, 3.05) is 6.54 Å². The van der Waals surface area contributed by atoms with E-state index in [0.717, 1.165) is 13.0 Å². The molecule has 2 atom stereocenters. The molecular formula is C11H17BrN2S. The molecule has 1 aliphatic heterocycles. The number of hydrogen-bond acceptors (Lipinski definition) is 3. The summed E-state index contributed by atoms with van der Waals surface area (Å²) in [6.45, 7) is 5.60. The summed E-state index contributed by atoms with van der Waals surface area (Å²) in [6, 6.07) is 3.36. The minimum Gasteiger partial charge on any atom is -0.326 e. The second-order valence-electron chi connectivity index (χ2n) is 4.36. The van der Waals surface area contributed by atoms with Crippen molar-refractivity contribution in [3.8, 4) is 0 Å². The second-order valence-corrected chi connectivity index (χ2v) is 6.16. The van der Waals surface area contributed by atoms with Crippen molar-refractivity contribution < 1.29 is 0 Å². The van der Waals surface area contributed by atoms with Crippen molar-refractivity contribution in [3.63, 3.8) is 0 Å². The van der Waals surface area contributed by atoms with Gasteiger partial charge in [0.2, 0.25) is 0 Å². The van der Waals surface area contributed by atoms with Gasteiger partial charge < -0.3 is 5.73 Å². The van der Waals surface area contributed by atoms with Gasteiger partial charge in [-0.2, -0.15) is 0 Å². The first-order valence-electron chi connectivity index (χ1n) is 5.35. The van der Waals surface area contributed by atoms with Gasteiger partial charge in [-0.05, 0) is 47.6 Å². The Morgan fingerprint density at radius 2 is 2.33 bits per heavy atom. The van der Waals surface area contributed by atoms with Gasteiger partial charge in [0, 0.05) is 28.0 Å². The van der Waals surface area contributed by atoms with E-state index in [9.17, 15) is 0 Å². The molecule has 0 radical (unpaired) electrons. The lowest BCUT2D eigenvalue weighted by Gasteiger charge is -2.29. The van der Waals surface area contributed by atoms with Crippen LogP contribution in [0.4, 0.5) is 0 Å². The molecule has 0 aliphatic carbocycles. The van der Waals surface area contributed by atoms with E-state index in [-0.39, 0.29) is 6.04 Å². The molecule has 0 bridgehead atoms. The number of halogens is 1. The Kier molecular flexibility index (Phi) is 3.50. The Hall–Kier alpha value is 0.100. The lowest BCUT2D eigenvalue weighted by molar-refractivity contribution is 0.200. The predicted octanol–water partition coefficient (Wildman–Crippen LogP) is 2.99. The van der Waals surface area contributed by atoms with Gasteiger partial charge in [-0.25, -0.2) is 0 Å². The predicted molar refractivity (Wildman–Crippen MR) is 69.2 cm³/mol. The van der Waals surface area contributed by atoms with Crippen molar-refractivity contribution in [2.45, 2.75) is 38.4 Å². The summed E-state index contributed by atoms with van der Waals surface area (Å²) in [5.41, 5.74) is 6.21. The number of hydrogen-bond donors (Lipinski definition) is 1. The van der Waals surface area contributed by atoms with Gasteiger partial charge in [0.05, 0.1) is 6.04 Å². The largest absolute Gasteiger partial charge is 0.326 e. The highest BCUT2D eigenvalue weighted by Gasteiger charge is 2.35. The Morgan fingerprint density at radius 3 is 2.87 bits per heavy atom. The fourth-order valence-corrected chi connectivity index (χ4v) is 4.08. The molecule has 0 aromatic carbocycles. The summed E-state index contributed by atoms with van der Waals surface area (Å²) < 4.78 is 1.21. The maximum Gasteiger partial charge on any atom is 0.0607 e. The normalized spacial score (nSPS) is 27.8. The van der Waals surface area contributed by atoms with E-state index >= 15 is 0 Å². The fraction of sp³-hybridized carbons (Fsp3) is 0.636. The van der Waals surface area contributed by atoms with Crippen molar-refractivity contribution in [1.82, 2.24) is 4.90 Å². The molecule has 0 spiro atoms. The highest BCUT2D eigenvalue weighted by atomic mass is 79.9. The zero-order valence-corrected chi connectivity index (χ0v) is 11.5. The Balaban J connectivity index is 2.29. The maximum atomic E-state index is 6.21. The quantitative estimate of drug-likeness (QED) is 0.907. The van der Waals surface area contributed by atoms with Crippen LogP contribution in [0, 0.1) is 0 Å². The summed E-state index contributed by atoms with van der Waals surface area (Å²) in [5.74, 6) is 0. The first-order chi connectivity index (χ1) is 7.11. The van der Waals surface area contributed by atoms with Crippen LogP contribution in [0.1, 0.15) is 31.2 Å². The van der Waals surface area contributed by atoms with Crippen LogP contribution >= 0.6 is 27.3 Å². The Bertz CT molecular complexity index is 337. The van der Waals surface area contributed by atoms with Crippen molar-refractivity contribution in [1.29, 1.82) is 0 Å². The third-order valence-electron chi connectivity index (χ3n) is 3.06. The molecule has 2 heterocycles. The van der Waals surface area contributed by atoms with E-state index in [1.165, 1.54) is 9.35 Å². The molecule has 0 amide bonds. The summed E-state index contributed by atoms with van der Waals surface area (Å²) >= 11 is 5.41. The SMILES string of the molecule is CC(C)N1CCC(N)C1c1sccc1Br. The van der Waals surface area contributed by atoms with Gasteiger partial charge in [0.1, 0.15) is 0 Å². The van der Waals surface area contributed by atoms with Crippen LogP contribution < -0.4 is 5.73 Å². The monoisotopic (exact) mass is 288 g/mol. The Morgan fingerprint density at radius 1 is 1.60 bits per heavy atom. The molecule has 2 N–H and O–H groups in total. The van der Waals surface area contributed by atoms with Gasteiger partial charge in [-0.15, -0.1) is 11.3 Å². The van der Waals surface area contributed by atoms with Crippen LogP contribution in [-0.4, -0.2) is 23.5 Å². The van der Waals surface area contributed by atoms with Gasteiger partial charge in [-0.1, -0.05) is 0 Å². The molecule has 4 heteroatoms. The average Bonchev–Trinajstić information content (AvgIpc) is 2.71. The summed E-state index contributed by atoms with van der Waals surface area (Å²) in [7, 11) is 0. The molecule has 2 unspecified atom stereocenters. The number of nitrogens with zero attached hydrogens (tertiary/aromatic N) is 1. The van der Waals surface area contributed by atoms with Crippen LogP contribution in [0.15, 0.2) is 15.9 Å². The molecule has 1 saturated heterocycles. The van der Waals surface area contributed by atoms with Crippen LogP contribution in [-0.2, 0) is 0 Å². The van der Waals surface area contributed by atoms with Crippen LogP contribution in [0.25, 0.3) is 0 Å². The fourth-order valence-electron chi connectivity index (χ4n) is 2.28. The van der Waals surface area contributed by atoms with Crippen LogP contribution in [0.2, 0.25) is 0 Å². The lowest BCUT2D eigenvalue weighted by atomic mass is 10.1. The van der Waals surface area contributed by atoms with Crippen LogP contribution in [0.5, 0.6) is 0 Å². The van der Waals surface area contributed by atoms with Crippen LogP contribution in [0.3, 0.4) is 0 Å². The van der Waals surface area contributed by atoms with E-state index in [1.807, 2.05) is 0 Å². The Labute approximate surface area is 104 Å². The third kappa shape index (κ3) is 2.13. The molecule has 1 aromatic heterocycles.